The summed E-state index contributed by atoms with van der Waals surface area (Å²) in [6.07, 6.45) is 1.81. The Morgan fingerprint density at radius 3 is 2.62 bits per heavy atom. The first-order valence-corrected chi connectivity index (χ1v) is 8.28. The number of ether oxygens (including phenoxy) is 1. The number of hydrogen-bond donors (Lipinski definition) is 2. The zero-order chi connectivity index (χ0) is 17.0. The Hall–Kier alpha value is -2.34. The van der Waals surface area contributed by atoms with Gasteiger partial charge < -0.3 is 10.1 Å². The molecule has 2 amide bonds. The fourth-order valence-electron chi connectivity index (χ4n) is 3.26. The van der Waals surface area contributed by atoms with E-state index in [0.717, 1.165) is 31.7 Å². The summed E-state index contributed by atoms with van der Waals surface area (Å²) >= 11 is 0. The molecule has 6 nitrogen and oxygen atoms in total. The molecule has 0 spiro atoms. The highest BCUT2D eigenvalue weighted by molar-refractivity contribution is 5.88. The van der Waals surface area contributed by atoms with Crippen LogP contribution >= 0.6 is 0 Å². The van der Waals surface area contributed by atoms with Gasteiger partial charge in [-0.15, -0.1) is 0 Å². The molecular formula is C18H24N4O2. The summed E-state index contributed by atoms with van der Waals surface area (Å²) in [6, 6.07) is 12.0. The summed E-state index contributed by atoms with van der Waals surface area (Å²) in [5.41, 5.74) is 2.06. The van der Waals surface area contributed by atoms with Crippen molar-refractivity contribution in [2.75, 3.05) is 25.1 Å². The van der Waals surface area contributed by atoms with E-state index >= 15 is 0 Å². The monoisotopic (exact) mass is 328 g/mol. The molecule has 2 aromatic rings. The second kappa shape index (κ2) is 7.05. The third-order valence-electron chi connectivity index (χ3n) is 4.67. The molecule has 1 aromatic heterocycles. The number of amides is 2. The van der Waals surface area contributed by atoms with E-state index in [9.17, 15) is 4.79 Å². The summed E-state index contributed by atoms with van der Waals surface area (Å²) in [5, 5.41) is 10.1. The zero-order valence-corrected chi connectivity index (χ0v) is 14.2. The van der Waals surface area contributed by atoms with Crippen molar-refractivity contribution in [3.63, 3.8) is 0 Å². The van der Waals surface area contributed by atoms with Gasteiger partial charge in [0, 0.05) is 38.3 Å². The van der Waals surface area contributed by atoms with E-state index in [1.165, 1.54) is 5.56 Å². The van der Waals surface area contributed by atoms with Crippen LogP contribution < -0.4 is 10.6 Å². The maximum atomic E-state index is 12.3. The number of aryl methyl sites for hydroxylation is 2. The number of benzene rings is 1. The first kappa shape index (κ1) is 16.5. The van der Waals surface area contributed by atoms with Gasteiger partial charge in [0.2, 0.25) is 0 Å². The topological polar surface area (TPSA) is 68.2 Å². The summed E-state index contributed by atoms with van der Waals surface area (Å²) in [6.45, 7) is 3.93. The first-order chi connectivity index (χ1) is 11.6. The van der Waals surface area contributed by atoms with Crippen LogP contribution in [0, 0.1) is 6.92 Å². The molecular weight excluding hydrogens is 304 g/mol. The molecule has 1 aliphatic heterocycles. The molecule has 0 bridgehead atoms. The van der Waals surface area contributed by atoms with Crippen LogP contribution in [0.1, 0.15) is 24.1 Å². The van der Waals surface area contributed by atoms with Crippen molar-refractivity contribution in [3.05, 3.63) is 47.7 Å². The number of rotatable bonds is 4. The number of anilines is 1. The minimum atomic E-state index is -0.209. The van der Waals surface area contributed by atoms with Crippen molar-refractivity contribution in [3.8, 4) is 0 Å². The van der Waals surface area contributed by atoms with Gasteiger partial charge in [0.05, 0.1) is 5.69 Å². The molecule has 1 aliphatic rings. The standard InChI is InChI=1S/C18H24N4O2/c1-14-12-16(22(2)21-14)20-17(23)19-13-18(8-10-24-11-9-18)15-6-4-3-5-7-15/h3-7,12H,8-11,13H2,1-2H3,(H2,19,20,23). The normalized spacial score (nSPS) is 16.6. The van der Waals surface area contributed by atoms with Crippen LogP contribution in [0.3, 0.4) is 0 Å². The lowest BCUT2D eigenvalue weighted by molar-refractivity contribution is 0.0508. The van der Waals surface area contributed by atoms with E-state index < -0.39 is 0 Å². The van der Waals surface area contributed by atoms with Crippen LogP contribution in [-0.4, -0.2) is 35.6 Å². The average Bonchev–Trinajstić information content (AvgIpc) is 2.92. The molecule has 0 radical (unpaired) electrons. The van der Waals surface area contributed by atoms with Crippen LogP contribution in [0.15, 0.2) is 36.4 Å². The Balaban J connectivity index is 1.67. The van der Waals surface area contributed by atoms with Crippen molar-refractivity contribution in [2.45, 2.75) is 25.2 Å². The molecule has 2 N–H and O–H groups in total. The second-order valence-corrected chi connectivity index (χ2v) is 6.36. The van der Waals surface area contributed by atoms with E-state index in [1.54, 1.807) is 4.68 Å². The Kier molecular flexibility index (Phi) is 4.85. The van der Waals surface area contributed by atoms with Crippen molar-refractivity contribution in [1.29, 1.82) is 0 Å². The lowest BCUT2D eigenvalue weighted by Gasteiger charge is -2.37. The van der Waals surface area contributed by atoms with Crippen molar-refractivity contribution in [2.24, 2.45) is 7.05 Å². The van der Waals surface area contributed by atoms with Gasteiger partial charge >= 0.3 is 6.03 Å². The van der Waals surface area contributed by atoms with Crippen molar-refractivity contribution in [1.82, 2.24) is 15.1 Å². The highest BCUT2D eigenvalue weighted by Gasteiger charge is 2.34. The number of aromatic nitrogens is 2. The Morgan fingerprint density at radius 2 is 2.00 bits per heavy atom. The molecule has 1 aromatic carbocycles. The summed E-state index contributed by atoms with van der Waals surface area (Å²) in [5.74, 6) is 0.686. The molecule has 3 rings (SSSR count). The predicted molar refractivity (Wildman–Crippen MR) is 93.1 cm³/mol. The highest BCUT2D eigenvalue weighted by atomic mass is 16.5. The largest absolute Gasteiger partial charge is 0.381 e. The van der Waals surface area contributed by atoms with E-state index in [1.807, 2.05) is 38.2 Å². The molecule has 0 atom stereocenters. The molecule has 0 aliphatic carbocycles. The lowest BCUT2D eigenvalue weighted by Crippen LogP contribution is -2.45. The van der Waals surface area contributed by atoms with Crippen LogP contribution in [0.5, 0.6) is 0 Å². The number of urea groups is 1. The smallest absolute Gasteiger partial charge is 0.320 e. The van der Waals surface area contributed by atoms with Gasteiger partial charge in [-0.05, 0) is 25.3 Å². The first-order valence-electron chi connectivity index (χ1n) is 8.28. The van der Waals surface area contributed by atoms with Crippen LogP contribution in [0.4, 0.5) is 10.6 Å². The molecule has 0 unspecified atom stereocenters. The molecule has 128 valence electrons. The quantitative estimate of drug-likeness (QED) is 0.906. The summed E-state index contributed by atoms with van der Waals surface area (Å²) in [7, 11) is 1.81. The fraction of sp³-hybridized carbons (Fsp3) is 0.444. The van der Waals surface area contributed by atoms with Gasteiger partial charge in [-0.3, -0.25) is 10.00 Å². The molecule has 24 heavy (non-hydrogen) atoms. The maximum Gasteiger partial charge on any atom is 0.320 e. The summed E-state index contributed by atoms with van der Waals surface area (Å²) in [4.78, 5) is 12.3. The van der Waals surface area contributed by atoms with Crippen LogP contribution in [-0.2, 0) is 17.2 Å². The Bertz CT molecular complexity index is 690. The second-order valence-electron chi connectivity index (χ2n) is 6.36. The minimum Gasteiger partial charge on any atom is -0.381 e. The molecule has 2 heterocycles. The molecule has 6 heteroatoms. The Labute approximate surface area is 142 Å². The predicted octanol–water partition coefficient (Wildman–Crippen LogP) is 2.60. The highest BCUT2D eigenvalue weighted by Crippen LogP contribution is 2.34. The Morgan fingerprint density at radius 1 is 1.29 bits per heavy atom. The third kappa shape index (κ3) is 3.59. The van der Waals surface area contributed by atoms with Gasteiger partial charge in [0.1, 0.15) is 5.82 Å². The van der Waals surface area contributed by atoms with E-state index in [4.69, 9.17) is 4.74 Å². The number of carbonyl (C=O) groups is 1. The van der Waals surface area contributed by atoms with Gasteiger partial charge in [-0.2, -0.15) is 5.10 Å². The summed E-state index contributed by atoms with van der Waals surface area (Å²) < 4.78 is 7.19. The number of nitrogens with one attached hydrogen (secondary N) is 2. The van der Waals surface area contributed by atoms with Gasteiger partial charge in [-0.25, -0.2) is 4.79 Å². The fourth-order valence-corrected chi connectivity index (χ4v) is 3.26. The molecule has 1 saturated heterocycles. The molecule has 1 fully saturated rings. The van der Waals surface area contributed by atoms with Gasteiger partial charge in [-0.1, -0.05) is 30.3 Å². The zero-order valence-electron chi connectivity index (χ0n) is 14.2. The maximum absolute atomic E-state index is 12.3. The SMILES string of the molecule is Cc1cc(NC(=O)NCC2(c3ccccc3)CCOCC2)n(C)n1. The third-order valence-corrected chi connectivity index (χ3v) is 4.67. The lowest BCUT2D eigenvalue weighted by atomic mass is 9.74. The minimum absolute atomic E-state index is 0.0702. The van der Waals surface area contributed by atoms with Crippen molar-refractivity contribution < 1.29 is 9.53 Å². The number of nitrogens with zero attached hydrogens (tertiary/aromatic N) is 2. The van der Waals surface area contributed by atoms with E-state index in [2.05, 4.69) is 27.9 Å². The number of carbonyl (C=O) groups excluding carboxylic acids is 1. The van der Waals surface area contributed by atoms with Gasteiger partial charge in [0.15, 0.2) is 0 Å². The van der Waals surface area contributed by atoms with Crippen molar-refractivity contribution >= 4 is 11.8 Å². The number of hydrogen-bond acceptors (Lipinski definition) is 3. The van der Waals surface area contributed by atoms with E-state index in [-0.39, 0.29) is 11.4 Å². The van der Waals surface area contributed by atoms with Crippen LogP contribution in [0.2, 0.25) is 0 Å². The molecule has 0 saturated carbocycles. The van der Waals surface area contributed by atoms with E-state index in [0.29, 0.717) is 12.4 Å². The van der Waals surface area contributed by atoms with Crippen LogP contribution in [0.25, 0.3) is 0 Å². The average molecular weight is 328 g/mol. The van der Waals surface area contributed by atoms with Gasteiger partial charge in [0.25, 0.3) is 0 Å².